The van der Waals surface area contributed by atoms with Crippen LogP contribution < -0.4 is 15.4 Å². The molecule has 0 heterocycles. The highest BCUT2D eigenvalue weighted by Gasteiger charge is 2.38. The third-order valence-corrected chi connectivity index (χ3v) is 6.99. The van der Waals surface area contributed by atoms with Crippen LogP contribution in [0.5, 0.6) is 0 Å². The number of anilines is 1. The Labute approximate surface area is 217 Å². The molecule has 202 valence electrons. The van der Waals surface area contributed by atoms with E-state index in [-0.39, 0.29) is 12.5 Å². The van der Waals surface area contributed by atoms with Gasteiger partial charge < -0.3 is 15.7 Å². The van der Waals surface area contributed by atoms with Gasteiger partial charge in [0.2, 0.25) is 10.0 Å². The van der Waals surface area contributed by atoms with E-state index in [2.05, 4.69) is 10.6 Å². The van der Waals surface area contributed by atoms with Crippen LogP contribution in [0, 0.1) is 0 Å². The Morgan fingerprint density at radius 2 is 1.63 bits per heavy atom. The lowest BCUT2D eigenvalue weighted by atomic mass is 10.0. The van der Waals surface area contributed by atoms with Crippen LogP contribution >= 0.6 is 0 Å². The molecule has 4 N–H and O–H groups in total. The lowest BCUT2D eigenvalue weighted by Crippen LogP contribution is -2.42. The van der Waals surface area contributed by atoms with Crippen LogP contribution in [-0.4, -0.2) is 38.1 Å². The Balaban J connectivity index is 1.76. The van der Waals surface area contributed by atoms with Crippen LogP contribution in [0.15, 0.2) is 77.7 Å². The summed E-state index contributed by atoms with van der Waals surface area (Å²) in [5, 5.41) is 15.0. The average molecular weight is 550 g/mol. The van der Waals surface area contributed by atoms with Gasteiger partial charge in [-0.25, -0.2) is 13.2 Å². The van der Waals surface area contributed by atoms with E-state index < -0.39 is 38.7 Å². The number of alkyl halides is 3. The summed E-state index contributed by atoms with van der Waals surface area (Å²) in [4.78, 5) is 22.6. The molecule has 0 aliphatic rings. The van der Waals surface area contributed by atoms with Gasteiger partial charge in [-0.15, -0.1) is 0 Å². The smallest absolute Gasteiger partial charge is 0.417 e. The molecule has 0 bridgehead atoms. The first kappa shape index (κ1) is 28.7. The Morgan fingerprint density at radius 3 is 2.26 bits per heavy atom. The molecule has 0 saturated carbocycles. The van der Waals surface area contributed by atoms with Gasteiger partial charge in [-0.2, -0.15) is 17.9 Å². The normalized spacial score (nSPS) is 12.5. The van der Waals surface area contributed by atoms with Crippen molar-refractivity contribution in [3.8, 4) is 11.1 Å². The first-order chi connectivity index (χ1) is 17.9. The number of rotatable bonds is 10. The van der Waals surface area contributed by atoms with Crippen molar-refractivity contribution < 1.29 is 36.3 Å². The van der Waals surface area contributed by atoms with Gasteiger partial charge >= 0.3 is 18.2 Å². The number of nitrogens with one attached hydrogen (secondary N) is 3. The molecular formula is C26H26F3N3O5S. The second kappa shape index (κ2) is 12.1. The van der Waals surface area contributed by atoms with Crippen molar-refractivity contribution in [3.05, 3.63) is 83.9 Å². The summed E-state index contributed by atoms with van der Waals surface area (Å²) in [5.74, 6) is -1.54. The quantitative estimate of drug-likeness (QED) is 0.287. The van der Waals surface area contributed by atoms with E-state index in [1.807, 2.05) is 17.7 Å². The van der Waals surface area contributed by atoms with Crippen LogP contribution in [0.3, 0.4) is 0 Å². The van der Waals surface area contributed by atoms with Gasteiger partial charge in [0, 0.05) is 12.2 Å². The molecule has 38 heavy (non-hydrogen) atoms. The Bertz CT molecular complexity index is 1390. The zero-order chi connectivity index (χ0) is 27.9. The maximum atomic E-state index is 13.3. The Morgan fingerprint density at radius 1 is 0.947 bits per heavy atom. The number of hydrogen-bond acceptors (Lipinski definition) is 4. The van der Waals surface area contributed by atoms with Crippen molar-refractivity contribution in [1.82, 2.24) is 10.0 Å². The zero-order valence-corrected chi connectivity index (χ0v) is 21.1. The molecule has 0 spiro atoms. The summed E-state index contributed by atoms with van der Waals surface area (Å²) in [5.41, 5.74) is 1.14. The molecule has 3 rings (SSSR count). The molecule has 8 nitrogen and oxygen atoms in total. The summed E-state index contributed by atoms with van der Waals surface area (Å²) in [6.07, 6.45) is -4.45. The maximum absolute atomic E-state index is 13.3. The summed E-state index contributed by atoms with van der Waals surface area (Å²) in [6.45, 7) is 2.47. The number of halogens is 3. The van der Waals surface area contributed by atoms with Gasteiger partial charge in [0.15, 0.2) is 0 Å². The molecule has 2 amide bonds. The van der Waals surface area contributed by atoms with E-state index in [9.17, 15) is 36.3 Å². The fourth-order valence-electron chi connectivity index (χ4n) is 3.62. The number of carboxylic acids is 1. The number of amides is 2. The summed E-state index contributed by atoms with van der Waals surface area (Å²) in [7, 11) is -4.80. The zero-order valence-electron chi connectivity index (χ0n) is 20.2. The van der Waals surface area contributed by atoms with E-state index >= 15 is 0 Å². The van der Waals surface area contributed by atoms with Crippen molar-refractivity contribution >= 4 is 27.7 Å². The molecule has 3 aromatic rings. The van der Waals surface area contributed by atoms with Crippen LogP contribution in [0.1, 0.15) is 24.5 Å². The molecule has 0 fully saturated rings. The van der Waals surface area contributed by atoms with Crippen molar-refractivity contribution in [2.75, 3.05) is 11.9 Å². The highest BCUT2D eigenvalue weighted by atomic mass is 32.2. The van der Waals surface area contributed by atoms with E-state index in [0.29, 0.717) is 23.9 Å². The van der Waals surface area contributed by atoms with Gasteiger partial charge in [0.1, 0.15) is 6.04 Å². The highest BCUT2D eigenvalue weighted by Crippen LogP contribution is 2.34. The number of carbonyl (C=O) groups is 2. The second-order valence-corrected chi connectivity index (χ2v) is 10.1. The summed E-state index contributed by atoms with van der Waals surface area (Å²) in [6, 6.07) is 15.1. The summed E-state index contributed by atoms with van der Waals surface area (Å²) < 4.78 is 67.2. The Hall–Kier alpha value is -3.90. The van der Waals surface area contributed by atoms with Crippen molar-refractivity contribution in [3.63, 3.8) is 0 Å². The van der Waals surface area contributed by atoms with Crippen molar-refractivity contribution in [2.24, 2.45) is 0 Å². The van der Waals surface area contributed by atoms with E-state index in [1.165, 1.54) is 0 Å². The maximum Gasteiger partial charge on any atom is 0.417 e. The SMILES string of the molecule is CCCNC(=O)Nc1cccc(-c2ccc(CC(NS(=O)(=O)c3ccccc3C(F)(F)F)C(=O)O)cc2)c1. The van der Waals surface area contributed by atoms with Crippen molar-refractivity contribution in [2.45, 2.75) is 36.9 Å². The first-order valence-corrected chi connectivity index (χ1v) is 13.0. The fourth-order valence-corrected chi connectivity index (χ4v) is 5.04. The second-order valence-electron chi connectivity index (χ2n) is 8.37. The lowest BCUT2D eigenvalue weighted by Gasteiger charge is -2.18. The van der Waals surface area contributed by atoms with Gasteiger partial charge in [-0.05, 0) is 53.8 Å². The average Bonchev–Trinajstić information content (AvgIpc) is 2.87. The number of carboxylic acid groups (broad SMARTS) is 1. The molecule has 12 heteroatoms. The fraction of sp³-hybridized carbons (Fsp3) is 0.231. The first-order valence-electron chi connectivity index (χ1n) is 11.6. The standard InChI is InChI=1S/C26H26F3N3O5S/c1-2-14-30-25(35)31-20-7-5-6-19(16-20)18-12-10-17(11-13-18)15-22(24(33)34)32-38(36,37)23-9-4-3-8-21(23)26(27,28)29/h3-13,16,22,32H,2,14-15H2,1H3,(H,33,34)(H2,30,31,35). The van der Waals surface area contributed by atoms with E-state index in [1.54, 1.807) is 42.5 Å². The molecular weight excluding hydrogens is 523 g/mol. The van der Waals surface area contributed by atoms with E-state index in [0.717, 1.165) is 35.7 Å². The third kappa shape index (κ3) is 7.56. The molecule has 0 radical (unpaired) electrons. The van der Waals surface area contributed by atoms with Gasteiger partial charge in [-0.3, -0.25) is 4.79 Å². The topological polar surface area (TPSA) is 125 Å². The molecule has 3 aromatic carbocycles. The van der Waals surface area contributed by atoms with E-state index in [4.69, 9.17) is 0 Å². The minimum absolute atomic E-state index is 0.303. The van der Waals surface area contributed by atoms with Crippen molar-refractivity contribution in [1.29, 1.82) is 0 Å². The van der Waals surface area contributed by atoms with Crippen LogP contribution in [0.25, 0.3) is 11.1 Å². The minimum atomic E-state index is -4.94. The Kier molecular flexibility index (Phi) is 9.13. The monoisotopic (exact) mass is 549 g/mol. The number of benzene rings is 3. The molecule has 0 aliphatic heterocycles. The summed E-state index contributed by atoms with van der Waals surface area (Å²) >= 11 is 0. The van der Waals surface area contributed by atoms with Gasteiger partial charge in [0.05, 0.1) is 10.5 Å². The number of hydrogen-bond donors (Lipinski definition) is 4. The molecule has 1 unspecified atom stereocenters. The molecule has 0 aromatic heterocycles. The third-order valence-electron chi connectivity index (χ3n) is 5.46. The van der Waals surface area contributed by atoms with Gasteiger partial charge in [0.25, 0.3) is 0 Å². The highest BCUT2D eigenvalue weighted by molar-refractivity contribution is 7.89. The molecule has 0 aliphatic carbocycles. The minimum Gasteiger partial charge on any atom is -0.480 e. The number of carbonyl (C=O) groups excluding carboxylic acids is 1. The predicted molar refractivity (Wildman–Crippen MR) is 136 cm³/mol. The van der Waals surface area contributed by atoms with Gasteiger partial charge in [-0.1, -0.05) is 55.5 Å². The predicted octanol–water partition coefficient (Wildman–Crippen LogP) is 4.88. The largest absolute Gasteiger partial charge is 0.480 e. The number of urea groups is 1. The number of aliphatic carboxylic acids is 1. The van der Waals surface area contributed by atoms with Crippen LogP contribution in [0.4, 0.5) is 23.7 Å². The van der Waals surface area contributed by atoms with Crippen LogP contribution in [-0.2, 0) is 27.4 Å². The lowest BCUT2D eigenvalue weighted by molar-refractivity contribution is -0.140. The van der Waals surface area contributed by atoms with Crippen LogP contribution in [0.2, 0.25) is 0 Å². The number of sulfonamides is 1. The molecule has 1 atom stereocenters. The molecule has 0 saturated heterocycles.